The first-order chi connectivity index (χ1) is 8.45. The average Bonchev–Trinajstić information content (AvgIpc) is 2.30. The molecular formula is C13H18N2O3. The molecule has 0 saturated carbocycles. The van der Waals surface area contributed by atoms with Crippen LogP contribution in [0, 0.1) is 13.8 Å². The van der Waals surface area contributed by atoms with Crippen LogP contribution >= 0.6 is 0 Å². The summed E-state index contributed by atoms with van der Waals surface area (Å²) in [7, 11) is 0. The molecule has 0 aliphatic rings. The minimum Gasteiger partial charge on any atom is -0.478 e. The fourth-order valence-corrected chi connectivity index (χ4v) is 1.64. The number of amides is 1. The third-order valence-electron chi connectivity index (χ3n) is 2.79. The van der Waals surface area contributed by atoms with Gasteiger partial charge >= 0.3 is 5.97 Å². The standard InChI is InChI=1S/C13H18N2O3/c1-8-6-10(15-12(16)4-3-5-14)7-11(9(8)2)13(17)18/h6-7H,3-5,14H2,1-2H3,(H,15,16)(H,17,18). The molecule has 4 N–H and O–H groups in total. The molecule has 0 bridgehead atoms. The van der Waals surface area contributed by atoms with Crippen LogP contribution in [-0.4, -0.2) is 23.5 Å². The molecule has 0 fully saturated rings. The molecule has 0 unspecified atom stereocenters. The van der Waals surface area contributed by atoms with Crippen molar-refractivity contribution in [2.75, 3.05) is 11.9 Å². The Morgan fingerprint density at radius 2 is 2.00 bits per heavy atom. The van der Waals surface area contributed by atoms with E-state index in [-0.39, 0.29) is 11.5 Å². The van der Waals surface area contributed by atoms with Crippen molar-refractivity contribution in [3.8, 4) is 0 Å². The molecule has 5 nitrogen and oxygen atoms in total. The van der Waals surface area contributed by atoms with Crippen LogP contribution in [0.4, 0.5) is 5.69 Å². The summed E-state index contributed by atoms with van der Waals surface area (Å²) in [6, 6.07) is 3.24. The van der Waals surface area contributed by atoms with Gasteiger partial charge in [0.15, 0.2) is 0 Å². The van der Waals surface area contributed by atoms with Crippen LogP contribution in [0.1, 0.15) is 34.3 Å². The second kappa shape index (κ2) is 6.16. The zero-order chi connectivity index (χ0) is 13.7. The zero-order valence-electron chi connectivity index (χ0n) is 10.6. The van der Waals surface area contributed by atoms with E-state index in [0.717, 1.165) is 5.56 Å². The second-order valence-electron chi connectivity index (χ2n) is 4.21. The number of nitrogens with one attached hydrogen (secondary N) is 1. The quantitative estimate of drug-likeness (QED) is 0.741. The van der Waals surface area contributed by atoms with Gasteiger partial charge in [0.1, 0.15) is 0 Å². The Balaban J connectivity index is 2.90. The van der Waals surface area contributed by atoms with Crippen LogP contribution in [0.25, 0.3) is 0 Å². The molecule has 1 rings (SSSR count). The van der Waals surface area contributed by atoms with E-state index in [1.54, 1.807) is 13.0 Å². The SMILES string of the molecule is Cc1cc(NC(=O)CCCN)cc(C(=O)O)c1C. The Morgan fingerprint density at radius 3 is 2.56 bits per heavy atom. The lowest BCUT2D eigenvalue weighted by Crippen LogP contribution is -2.14. The molecule has 5 heteroatoms. The maximum atomic E-state index is 11.5. The number of benzene rings is 1. The summed E-state index contributed by atoms with van der Waals surface area (Å²) in [6.07, 6.45) is 0.953. The van der Waals surface area contributed by atoms with Gasteiger partial charge in [0.2, 0.25) is 5.91 Å². The van der Waals surface area contributed by atoms with Crippen molar-refractivity contribution < 1.29 is 14.7 Å². The number of hydrogen-bond acceptors (Lipinski definition) is 3. The Morgan fingerprint density at radius 1 is 1.33 bits per heavy atom. The van der Waals surface area contributed by atoms with Gasteiger partial charge in [0, 0.05) is 12.1 Å². The average molecular weight is 250 g/mol. The molecule has 0 aliphatic heterocycles. The number of aromatic carboxylic acids is 1. The fourth-order valence-electron chi connectivity index (χ4n) is 1.64. The van der Waals surface area contributed by atoms with Crippen LogP contribution in [0.2, 0.25) is 0 Å². The summed E-state index contributed by atoms with van der Waals surface area (Å²) in [5.41, 5.74) is 7.59. The van der Waals surface area contributed by atoms with Crippen molar-refractivity contribution in [3.05, 3.63) is 28.8 Å². The van der Waals surface area contributed by atoms with E-state index >= 15 is 0 Å². The van der Waals surface area contributed by atoms with Crippen molar-refractivity contribution in [1.29, 1.82) is 0 Å². The topological polar surface area (TPSA) is 92.4 Å². The lowest BCUT2D eigenvalue weighted by atomic mass is 10.0. The first kappa shape index (κ1) is 14.2. The van der Waals surface area contributed by atoms with Gasteiger partial charge in [-0.1, -0.05) is 0 Å². The summed E-state index contributed by atoms with van der Waals surface area (Å²) < 4.78 is 0. The lowest BCUT2D eigenvalue weighted by molar-refractivity contribution is -0.116. The highest BCUT2D eigenvalue weighted by molar-refractivity contribution is 5.95. The molecule has 1 aromatic rings. The summed E-state index contributed by atoms with van der Waals surface area (Å²) in [4.78, 5) is 22.6. The Kier molecular flexibility index (Phi) is 4.85. The molecule has 0 aliphatic carbocycles. The van der Waals surface area contributed by atoms with Crippen molar-refractivity contribution in [2.24, 2.45) is 5.73 Å². The van der Waals surface area contributed by atoms with E-state index in [9.17, 15) is 9.59 Å². The van der Waals surface area contributed by atoms with Gasteiger partial charge in [-0.05, 0) is 50.1 Å². The lowest BCUT2D eigenvalue weighted by Gasteiger charge is -2.10. The molecule has 0 atom stereocenters. The van der Waals surface area contributed by atoms with E-state index in [2.05, 4.69) is 5.32 Å². The minimum atomic E-state index is -0.992. The number of anilines is 1. The van der Waals surface area contributed by atoms with Gasteiger partial charge in [-0.25, -0.2) is 4.79 Å². The van der Waals surface area contributed by atoms with Crippen LogP contribution in [0.3, 0.4) is 0 Å². The molecule has 0 aromatic heterocycles. The minimum absolute atomic E-state index is 0.153. The normalized spacial score (nSPS) is 10.2. The van der Waals surface area contributed by atoms with Gasteiger partial charge in [-0.2, -0.15) is 0 Å². The fraction of sp³-hybridized carbons (Fsp3) is 0.385. The van der Waals surface area contributed by atoms with Gasteiger partial charge in [-0.3, -0.25) is 4.79 Å². The van der Waals surface area contributed by atoms with E-state index in [4.69, 9.17) is 10.8 Å². The summed E-state index contributed by atoms with van der Waals surface area (Å²) in [5.74, 6) is -1.14. The first-order valence-corrected chi connectivity index (χ1v) is 5.80. The summed E-state index contributed by atoms with van der Waals surface area (Å²) >= 11 is 0. The number of carbonyl (C=O) groups excluding carboxylic acids is 1. The third kappa shape index (κ3) is 3.56. The highest BCUT2D eigenvalue weighted by Crippen LogP contribution is 2.20. The highest BCUT2D eigenvalue weighted by atomic mass is 16.4. The van der Waals surface area contributed by atoms with Gasteiger partial charge < -0.3 is 16.2 Å². The molecule has 0 saturated heterocycles. The molecule has 0 heterocycles. The number of carboxylic acids is 1. The molecule has 98 valence electrons. The molecule has 1 amide bonds. The van der Waals surface area contributed by atoms with Gasteiger partial charge in [0.25, 0.3) is 0 Å². The van der Waals surface area contributed by atoms with Crippen LogP contribution in [-0.2, 0) is 4.79 Å². The zero-order valence-corrected chi connectivity index (χ0v) is 10.6. The number of nitrogens with two attached hydrogens (primary N) is 1. The largest absolute Gasteiger partial charge is 0.478 e. The van der Waals surface area contributed by atoms with Crippen molar-refractivity contribution in [2.45, 2.75) is 26.7 Å². The molecule has 18 heavy (non-hydrogen) atoms. The number of carbonyl (C=O) groups is 2. The summed E-state index contributed by atoms with van der Waals surface area (Å²) in [5, 5.41) is 11.7. The predicted octanol–water partition coefficient (Wildman–Crippen LogP) is 1.68. The van der Waals surface area contributed by atoms with E-state index in [1.807, 2.05) is 6.92 Å². The van der Waals surface area contributed by atoms with Crippen molar-refractivity contribution in [3.63, 3.8) is 0 Å². The van der Waals surface area contributed by atoms with E-state index in [1.165, 1.54) is 6.07 Å². The van der Waals surface area contributed by atoms with Crippen LogP contribution in [0.5, 0.6) is 0 Å². The second-order valence-corrected chi connectivity index (χ2v) is 4.21. The Hall–Kier alpha value is -1.88. The van der Waals surface area contributed by atoms with Crippen LogP contribution in [0.15, 0.2) is 12.1 Å². The monoisotopic (exact) mass is 250 g/mol. The van der Waals surface area contributed by atoms with E-state index < -0.39 is 5.97 Å². The third-order valence-corrected chi connectivity index (χ3v) is 2.79. The predicted molar refractivity (Wildman–Crippen MR) is 69.8 cm³/mol. The molecule has 1 aromatic carbocycles. The maximum Gasteiger partial charge on any atom is 0.336 e. The number of rotatable bonds is 5. The van der Waals surface area contributed by atoms with Gasteiger partial charge in [-0.15, -0.1) is 0 Å². The molecule has 0 radical (unpaired) electrons. The molecule has 0 spiro atoms. The number of aryl methyl sites for hydroxylation is 1. The van der Waals surface area contributed by atoms with Crippen molar-refractivity contribution >= 4 is 17.6 Å². The Labute approximate surface area is 106 Å². The number of carboxylic acid groups (broad SMARTS) is 1. The Bertz CT molecular complexity index is 470. The van der Waals surface area contributed by atoms with Gasteiger partial charge in [0.05, 0.1) is 5.56 Å². The number of hydrogen-bond donors (Lipinski definition) is 3. The first-order valence-electron chi connectivity index (χ1n) is 5.80. The summed E-state index contributed by atoms with van der Waals surface area (Å²) in [6.45, 7) is 4.02. The van der Waals surface area contributed by atoms with Crippen LogP contribution < -0.4 is 11.1 Å². The van der Waals surface area contributed by atoms with Crippen molar-refractivity contribution in [1.82, 2.24) is 0 Å². The smallest absolute Gasteiger partial charge is 0.336 e. The maximum absolute atomic E-state index is 11.5. The molecular weight excluding hydrogens is 232 g/mol. The highest BCUT2D eigenvalue weighted by Gasteiger charge is 2.12. The van der Waals surface area contributed by atoms with E-state index in [0.29, 0.717) is 30.6 Å².